The van der Waals surface area contributed by atoms with Crippen LogP contribution in [-0.2, 0) is 22.7 Å². The van der Waals surface area contributed by atoms with E-state index >= 15 is 0 Å². The molecule has 0 radical (unpaired) electrons. The highest BCUT2D eigenvalue weighted by Crippen LogP contribution is 2.23. The van der Waals surface area contributed by atoms with Crippen LogP contribution >= 0.6 is 0 Å². The second kappa shape index (κ2) is 7.57. The van der Waals surface area contributed by atoms with Crippen molar-refractivity contribution in [3.8, 4) is 17.0 Å². The van der Waals surface area contributed by atoms with Crippen LogP contribution in [0.4, 0.5) is 8.78 Å². The van der Waals surface area contributed by atoms with Gasteiger partial charge in [0.15, 0.2) is 12.4 Å². The molecule has 7 heteroatoms. The predicted octanol–water partition coefficient (Wildman–Crippen LogP) is 3.87. The van der Waals surface area contributed by atoms with Crippen molar-refractivity contribution in [1.29, 1.82) is 0 Å². The molecule has 0 fully saturated rings. The molecule has 0 saturated carbocycles. The van der Waals surface area contributed by atoms with Crippen LogP contribution in [0.1, 0.15) is 11.3 Å². The Morgan fingerprint density at radius 2 is 1.72 bits per heavy atom. The maximum absolute atomic E-state index is 13.1. The van der Waals surface area contributed by atoms with Gasteiger partial charge in [0.05, 0.1) is 0 Å². The Kier molecular flexibility index (Phi) is 5.03. The first-order chi connectivity index (χ1) is 12.1. The molecule has 2 aromatic carbocycles. The zero-order chi connectivity index (χ0) is 17.6. The molecule has 0 amide bonds. The van der Waals surface area contributed by atoms with Gasteiger partial charge in [-0.15, -0.1) is 0 Å². The molecule has 0 aliphatic heterocycles. The smallest absolute Gasteiger partial charge is 0.293 e. The molecule has 1 heterocycles. The van der Waals surface area contributed by atoms with E-state index in [2.05, 4.69) is 9.89 Å². The lowest BCUT2D eigenvalue weighted by Gasteiger charge is -2.07. The summed E-state index contributed by atoms with van der Waals surface area (Å²) in [6, 6.07) is 11.9. The van der Waals surface area contributed by atoms with E-state index < -0.39 is 11.6 Å². The summed E-state index contributed by atoms with van der Waals surface area (Å²) in [5.41, 5.74) is 1.77. The Balaban J connectivity index is 1.63. The molecular formula is C18H13F2NO4. The van der Waals surface area contributed by atoms with Crippen LogP contribution in [-0.4, -0.2) is 11.6 Å². The summed E-state index contributed by atoms with van der Waals surface area (Å²) in [6.07, 6.45) is 0. The van der Waals surface area contributed by atoms with Crippen LogP contribution in [0.15, 0.2) is 53.1 Å². The number of benzene rings is 2. The predicted molar refractivity (Wildman–Crippen MR) is 83.5 cm³/mol. The number of hydrogen-bond acceptors (Lipinski definition) is 5. The molecule has 0 aliphatic rings. The SMILES string of the molecule is O=COCc1cc(-c2ccc(OCc3cc(F)cc(F)c3)cc2)no1. The summed E-state index contributed by atoms with van der Waals surface area (Å²) in [5, 5.41) is 3.89. The Bertz CT molecular complexity index is 842. The van der Waals surface area contributed by atoms with E-state index in [9.17, 15) is 13.6 Å². The van der Waals surface area contributed by atoms with Crippen molar-refractivity contribution in [2.45, 2.75) is 13.2 Å². The molecule has 0 atom stereocenters. The van der Waals surface area contributed by atoms with Crippen LogP contribution in [0, 0.1) is 11.6 Å². The molecular weight excluding hydrogens is 332 g/mol. The zero-order valence-electron chi connectivity index (χ0n) is 12.9. The van der Waals surface area contributed by atoms with Gasteiger partial charge in [0.2, 0.25) is 0 Å². The maximum Gasteiger partial charge on any atom is 0.293 e. The number of halogens is 2. The third kappa shape index (κ3) is 4.41. The Labute approximate surface area is 141 Å². The number of carbonyl (C=O) groups is 1. The van der Waals surface area contributed by atoms with Gasteiger partial charge in [-0.3, -0.25) is 4.79 Å². The standard InChI is InChI=1S/C18H13F2NO4/c19-14-5-12(6-15(20)7-14)9-24-16-3-1-13(2-4-16)18-8-17(25-21-18)10-23-11-22/h1-8,11H,9-10H2. The minimum Gasteiger partial charge on any atom is -0.489 e. The molecule has 0 spiro atoms. The van der Waals surface area contributed by atoms with E-state index in [1.54, 1.807) is 30.3 Å². The van der Waals surface area contributed by atoms with E-state index in [-0.39, 0.29) is 13.2 Å². The molecule has 0 saturated heterocycles. The second-order valence-corrected chi connectivity index (χ2v) is 5.18. The largest absolute Gasteiger partial charge is 0.489 e. The Morgan fingerprint density at radius 3 is 2.40 bits per heavy atom. The topological polar surface area (TPSA) is 61.6 Å². The van der Waals surface area contributed by atoms with Crippen molar-refractivity contribution < 1.29 is 27.6 Å². The van der Waals surface area contributed by atoms with Gasteiger partial charge < -0.3 is 14.0 Å². The molecule has 0 unspecified atom stereocenters. The van der Waals surface area contributed by atoms with Gasteiger partial charge in [-0.05, 0) is 42.0 Å². The van der Waals surface area contributed by atoms with Gasteiger partial charge >= 0.3 is 0 Å². The fourth-order valence-electron chi connectivity index (χ4n) is 2.22. The van der Waals surface area contributed by atoms with Gasteiger partial charge in [0.1, 0.15) is 29.7 Å². The summed E-state index contributed by atoms with van der Waals surface area (Å²) < 4.78 is 41.4. The molecule has 25 heavy (non-hydrogen) atoms. The van der Waals surface area contributed by atoms with E-state index in [1.165, 1.54) is 12.1 Å². The first-order valence-electron chi connectivity index (χ1n) is 7.33. The maximum atomic E-state index is 13.1. The summed E-state index contributed by atoms with van der Waals surface area (Å²) in [6.45, 7) is 0.395. The first kappa shape index (κ1) is 16.6. The third-order valence-electron chi connectivity index (χ3n) is 3.33. The third-order valence-corrected chi connectivity index (χ3v) is 3.33. The fourth-order valence-corrected chi connectivity index (χ4v) is 2.22. The van der Waals surface area contributed by atoms with Crippen molar-refractivity contribution in [3.05, 3.63) is 71.5 Å². The molecule has 1 aromatic heterocycles. The molecule has 0 bridgehead atoms. The number of aromatic nitrogens is 1. The van der Waals surface area contributed by atoms with Gasteiger partial charge in [-0.1, -0.05) is 5.16 Å². The minimum absolute atomic E-state index is 0.0158. The first-order valence-corrected chi connectivity index (χ1v) is 7.33. The van der Waals surface area contributed by atoms with E-state index in [4.69, 9.17) is 9.26 Å². The normalized spacial score (nSPS) is 10.5. The number of hydrogen-bond donors (Lipinski definition) is 0. The van der Waals surface area contributed by atoms with Gasteiger partial charge in [-0.25, -0.2) is 8.78 Å². The van der Waals surface area contributed by atoms with Gasteiger partial charge in [0.25, 0.3) is 6.47 Å². The van der Waals surface area contributed by atoms with Gasteiger partial charge in [0, 0.05) is 17.7 Å². The molecule has 5 nitrogen and oxygen atoms in total. The van der Waals surface area contributed by atoms with E-state index in [1.807, 2.05) is 0 Å². The molecule has 128 valence electrons. The van der Waals surface area contributed by atoms with Crippen molar-refractivity contribution in [3.63, 3.8) is 0 Å². The highest BCUT2D eigenvalue weighted by molar-refractivity contribution is 5.59. The van der Waals surface area contributed by atoms with Crippen LogP contribution in [0.25, 0.3) is 11.3 Å². The van der Waals surface area contributed by atoms with Crippen molar-refractivity contribution in [2.75, 3.05) is 0 Å². The summed E-state index contributed by atoms with van der Waals surface area (Å²) in [5.74, 6) is -0.319. The molecule has 3 rings (SSSR count). The minimum atomic E-state index is -0.644. The lowest BCUT2D eigenvalue weighted by Crippen LogP contribution is -1.97. The monoisotopic (exact) mass is 345 g/mol. The zero-order valence-corrected chi connectivity index (χ0v) is 12.9. The molecule has 3 aromatic rings. The highest BCUT2D eigenvalue weighted by Gasteiger charge is 2.07. The summed E-state index contributed by atoms with van der Waals surface area (Å²) in [7, 11) is 0. The summed E-state index contributed by atoms with van der Waals surface area (Å²) >= 11 is 0. The van der Waals surface area contributed by atoms with Crippen LogP contribution in [0.5, 0.6) is 5.75 Å². The number of nitrogens with zero attached hydrogens (tertiary/aromatic N) is 1. The average molecular weight is 345 g/mol. The molecule has 0 N–H and O–H groups in total. The second-order valence-electron chi connectivity index (χ2n) is 5.18. The lowest BCUT2D eigenvalue weighted by atomic mass is 10.1. The number of rotatable bonds is 7. The Hall–Kier alpha value is -3.22. The lowest BCUT2D eigenvalue weighted by molar-refractivity contribution is -0.130. The van der Waals surface area contributed by atoms with Crippen molar-refractivity contribution in [2.24, 2.45) is 0 Å². The molecule has 0 aliphatic carbocycles. The van der Waals surface area contributed by atoms with Crippen molar-refractivity contribution >= 4 is 6.47 Å². The van der Waals surface area contributed by atoms with Crippen LogP contribution in [0.2, 0.25) is 0 Å². The summed E-state index contributed by atoms with van der Waals surface area (Å²) in [4.78, 5) is 10.2. The van der Waals surface area contributed by atoms with E-state index in [0.717, 1.165) is 11.6 Å². The van der Waals surface area contributed by atoms with Crippen LogP contribution < -0.4 is 4.74 Å². The number of carbonyl (C=O) groups excluding carboxylic acids is 1. The average Bonchev–Trinajstić information content (AvgIpc) is 3.07. The van der Waals surface area contributed by atoms with Gasteiger partial charge in [-0.2, -0.15) is 0 Å². The van der Waals surface area contributed by atoms with E-state index in [0.29, 0.717) is 29.2 Å². The quantitative estimate of drug-likeness (QED) is 0.608. The highest BCUT2D eigenvalue weighted by atomic mass is 19.1. The van der Waals surface area contributed by atoms with Crippen molar-refractivity contribution in [1.82, 2.24) is 5.16 Å². The Morgan fingerprint density at radius 1 is 1.00 bits per heavy atom. The van der Waals surface area contributed by atoms with Crippen LogP contribution in [0.3, 0.4) is 0 Å². The number of ether oxygens (including phenoxy) is 2. The fraction of sp³-hybridized carbons (Fsp3) is 0.111.